The highest BCUT2D eigenvalue weighted by molar-refractivity contribution is 5.64. The highest BCUT2D eigenvalue weighted by Gasteiger charge is 2.04. The second-order valence-corrected chi connectivity index (χ2v) is 8.84. The molecule has 0 aliphatic rings. The summed E-state index contributed by atoms with van der Waals surface area (Å²) >= 11 is 0. The van der Waals surface area contributed by atoms with Crippen molar-refractivity contribution in [1.29, 1.82) is 0 Å². The topological polar surface area (TPSA) is 7.76 Å². The Hall–Kier alpha value is -2.30. The van der Waals surface area contributed by atoms with Crippen molar-refractivity contribution in [3.63, 3.8) is 0 Å². The zero-order valence-electron chi connectivity index (χ0n) is 20.1. The lowest BCUT2D eigenvalue weighted by Crippen LogP contribution is -3.00. The predicted molar refractivity (Wildman–Crippen MR) is 131 cm³/mol. The fourth-order valence-electron chi connectivity index (χ4n) is 4.24. The fraction of sp³-hybridized carbons (Fsp3) is 0.267. The van der Waals surface area contributed by atoms with Gasteiger partial charge in [0.15, 0.2) is 24.8 Å². The molecule has 0 radical (unpaired) electrons. The van der Waals surface area contributed by atoms with Gasteiger partial charge in [0.1, 0.15) is 13.1 Å². The molecule has 4 heteroatoms. The Labute approximate surface area is 225 Å². The number of nitrogens with zero attached hydrogens (tertiary/aromatic N) is 2. The molecule has 2 heterocycles. The van der Waals surface area contributed by atoms with E-state index in [9.17, 15) is 0 Å². The lowest BCUT2D eigenvalue weighted by molar-refractivity contribution is -0.697. The Morgan fingerprint density at radius 3 is 1.26 bits per heavy atom. The number of hydrogen-bond acceptors (Lipinski definition) is 0. The Balaban J connectivity index is 0.00000204. The van der Waals surface area contributed by atoms with Crippen LogP contribution in [0.3, 0.4) is 0 Å². The minimum Gasteiger partial charge on any atom is -1.00 e. The molecular weight excluding hydrogens is 548 g/mol. The van der Waals surface area contributed by atoms with E-state index in [-0.39, 0.29) is 34.0 Å². The zero-order chi connectivity index (χ0) is 22.2. The van der Waals surface area contributed by atoms with E-state index in [2.05, 4.69) is 121 Å². The van der Waals surface area contributed by atoms with E-state index in [1.807, 2.05) is 0 Å². The third-order valence-electron chi connectivity index (χ3n) is 6.02. The molecule has 178 valence electrons. The van der Waals surface area contributed by atoms with E-state index in [1.165, 1.54) is 33.4 Å². The highest BCUT2D eigenvalue weighted by atomic mass is 79.9. The van der Waals surface area contributed by atoms with Crippen molar-refractivity contribution in [1.82, 2.24) is 0 Å². The van der Waals surface area contributed by atoms with Gasteiger partial charge in [-0.1, -0.05) is 48.5 Å². The summed E-state index contributed by atoms with van der Waals surface area (Å²) in [4.78, 5) is 0. The maximum Gasteiger partial charge on any atom is 0.171 e. The summed E-state index contributed by atoms with van der Waals surface area (Å²) in [6, 6.07) is 26.7. The molecule has 4 aromatic rings. The number of halogens is 2. The Morgan fingerprint density at radius 1 is 0.529 bits per heavy atom. The van der Waals surface area contributed by atoms with Gasteiger partial charge >= 0.3 is 0 Å². The maximum atomic E-state index is 2.28. The number of pyridine rings is 2. The molecule has 0 bridgehead atoms. The maximum absolute atomic E-state index is 2.28. The van der Waals surface area contributed by atoms with Gasteiger partial charge in [-0.2, -0.15) is 0 Å². The van der Waals surface area contributed by atoms with Crippen molar-refractivity contribution in [3.05, 3.63) is 120 Å². The van der Waals surface area contributed by atoms with Crippen LogP contribution >= 0.6 is 0 Å². The van der Waals surface area contributed by atoms with E-state index in [0.29, 0.717) is 0 Å². The molecule has 0 N–H and O–H groups in total. The molecule has 0 aliphatic carbocycles. The standard InChI is InChI=1S/C30H34N2.2BrH/c1-25-7-3-19-31(23-25)21-5-9-27-11-15-29(16-12-27)30-17-13-28(14-18-30)10-6-22-32-20-4-8-26(2)24-32;;/h3-4,7-8,11-20,23-24H,5-6,9-10,21-22H2,1-2H3;2*1H/q+2;;/p-2. The highest BCUT2D eigenvalue weighted by Crippen LogP contribution is 2.21. The third kappa shape index (κ3) is 8.48. The van der Waals surface area contributed by atoms with E-state index >= 15 is 0 Å². The van der Waals surface area contributed by atoms with Crippen LogP contribution in [-0.2, 0) is 25.9 Å². The third-order valence-corrected chi connectivity index (χ3v) is 6.02. The molecule has 34 heavy (non-hydrogen) atoms. The predicted octanol–water partition coefficient (Wildman–Crippen LogP) is -0.181. The largest absolute Gasteiger partial charge is 1.00 e. The van der Waals surface area contributed by atoms with Gasteiger partial charge in [-0.3, -0.25) is 0 Å². The van der Waals surface area contributed by atoms with Crippen LogP contribution in [-0.4, -0.2) is 0 Å². The van der Waals surface area contributed by atoms with Crippen LogP contribution in [0.1, 0.15) is 35.1 Å². The van der Waals surface area contributed by atoms with Gasteiger partial charge in [-0.25, -0.2) is 9.13 Å². The quantitative estimate of drug-likeness (QED) is 0.242. The SMILES string of the molecule is Cc1ccc[n+](CCCc2ccc(-c3ccc(CCC[n+]4cccc(C)c4)cc3)cc2)c1.[Br-].[Br-]. The molecule has 2 nitrogen and oxygen atoms in total. The van der Waals surface area contributed by atoms with Crippen molar-refractivity contribution in [2.24, 2.45) is 0 Å². The van der Waals surface area contributed by atoms with Crippen LogP contribution in [0, 0.1) is 13.8 Å². The molecule has 0 spiro atoms. The molecule has 0 unspecified atom stereocenters. The Morgan fingerprint density at radius 2 is 0.912 bits per heavy atom. The molecule has 2 aromatic carbocycles. The first-order valence-corrected chi connectivity index (χ1v) is 11.8. The van der Waals surface area contributed by atoms with E-state index < -0.39 is 0 Å². The molecule has 4 rings (SSSR count). The van der Waals surface area contributed by atoms with Gasteiger partial charge in [-0.15, -0.1) is 0 Å². The number of benzene rings is 2. The first-order chi connectivity index (χ1) is 15.7. The molecule has 0 saturated carbocycles. The minimum absolute atomic E-state index is 0. The molecule has 2 aromatic heterocycles. The molecular formula is C30H34Br2N2. The van der Waals surface area contributed by atoms with Crippen LogP contribution in [0.25, 0.3) is 11.1 Å². The molecule has 0 aliphatic heterocycles. The summed E-state index contributed by atoms with van der Waals surface area (Å²) in [5, 5.41) is 0. The lowest BCUT2D eigenvalue weighted by atomic mass is 10.00. The van der Waals surface area contributed by atoms with Gasteiger partial charge < -0.3 is 34.0 Å². The Kier molecular flexibility index (Phi) is 11.7. The van der Waals surface area contributed by atoms with E-state index in [1.54, 1.807) is 0 Å². The van der Waals surface area contributed by atoms with Crippen LogP contribution in [0.5, 0.6) is 0 Å². The average molecular weight is 582 g/mol. The molecule has 0 atom stereocenters. The normalized spacial score (nSPS) is 10.3. The van der Waals surface area contributed by atoms with Crippen molar-refractivity contribution in [2.75, 3.05) is 0 Å². The molecule has 0 fully saturated rings. The minimum atomic E-state index is 0. The number of rotatable bonds is 9. The summed E-state index contributed by atoms with van der Waals surface area (Å²) in [6.07, 6.45) is 13.3. The number of hydrogen-bond donors (Lipinski definition) is 0. The van der Waals surface area contributed by atoms with Crippen LogP contribution in [0.15, 0.2) is 97.6 Å². The van der Waals surface area contributed by atoms with Gasteiger partial charge in [0.05, 0.1) is 0 Å². The van der Waals surface area contributed by atoms with Crippen molar-refractivity contribution < 1.29 is 43.1 Å². The molecule has 0 amide bonds. The second kappa shape index (κ2) is 14.2. The van der Waals surface area contributed by atoms with Crippen molar-refractivity contribution >= 4 is 0 Å². The van der Waals surface area contributed by atoms with E-state index in [4.69, 9.17) is 0 Å². The monoisotopic (exact) mass is 580 g/mol. The summed E-state index contributed by atoms with van der Waals surface area (Å²) in [5.41, 5.74) is 8.04. The van der Waals surface area contributed by atoms with Crippen molar-refractivity contribution in [2.45, 2.75) is 52.6 Å². The summed E-state index contributed by atoms with van der Waals surface area (Å²) in [5.74, 6) is 0. The number of aryl methyl sites for hydroxylation is 6. The smallest absolute Gasteiger partial charge is 0.171 e. The van der Waals surface area contributed by atoms with Crippen LogP contribution in [0.4, 0.5) is 0 Å². The summed E-state index contributed by atoms with van der Waals surface area (Å²) < 4.78 is 4.57. The van der Waals surface area contributed by atoms with Gasteiger partial charge in [0.25, 0.3) is 0 Å². The lowest BCUT2D eigenvalue weighted by Gasteiger charge is -2.06. The fourth-order valence-corrected chi connectivity index (χ4v) is 4.24. The van der Waals surface area contributed by atoms with Gasteiger partial charge in [0.2, 0.25) is 0 Å². The van der Waals surface area contributed by atoms with Gasteiger partial charge in [0, 0.05) is 36.1 Å². The van der Waals surface area contributed by atoms with Crippen LogP contribution < -0.4 is 43.1 Å². The first kappa shape index (κ1) is 27.9. The van der Waals surface area contributed by atoms with Crippen LogP contribution in [0.2, 0.25) is 0 Å². The molecule has 0 saturated heterocycles. The number of aromatic nitrogens is 2. The van der Waals surface area contributed by atoms with Gasteiger partial charge in [-0.05, 0) is 61.1 Å². The van der Waals surface area contributed by atoms with Crippen molar-refractivity contribution in [3.8, 4) is 11.1 Å². The second-order valence-electron chi connectivity index (χ2n) is 8.84. The average Bonchev–Trinajstić information content (AvgIpc) is 2.80. The summed E-state index contributed by atoms with van der Waals surface area (Å²) in [6.45, 7) is 6.42. The first-order valence-electron chi connectivity index (χ1n) is 11.8. The zero-order valence-corrected chi connectivity index (χ0v) is 23.3. The Bertz CT molecular complexity index is 1050. The van der Waals surface area contributed by atoms with E-state index in [0.717, 1.165) is 38.8 Å². The summed E-state index contributed by atoms with van der Waals surface area (Å²) in [7, 11) is 0.